The molecule has 33 heavy (non-hydrogen) atoms. The highest BCUT2D eigenvalue weighted by molar-refractivity contribution is 7.92. The number of ether oxygens (including phenoxy) is 2. The zero-order chi connectivity index (χ0) is 24.0. The van der Waals surface area contributed by atoms with E-state index in [2.05, 4.69) is 39.2 Å². The molecule has 0 aliphatic carbocycles. The van der Waals surface area contributed by atoms with Crippen LogP contribution in [0.3, 0.4) is 0 Å². The molecule has 1 atom stereocenters. The molecule has 3 aromatic rings. The van der Waals surface area contributed by atoms with Crippen molar-refractivity contribution in [2.45, 2.75) is 26.2 Å². The van der Waals surface area contributed by atoms with Gasteiger partial charge in [-0.2, -0.15) is 9.04 Å². The predicted octanol–water partition coefficient (Wildman–Crippen LogP) is 2.54. The third-order valence-electron chi connectivity index (χ3n) is 4.31. The van der Waals surface area contributed by atoms with Crippen LogP contribution in [-0.4, -0.2) is 53.7 Å². The average molecular weight is 479 g/mol. The lowest BCUT2D eigenvalue weighted by Gasteiger charge is -2.14. The SMILES string of the molecule is Cc1nc([C@H](C)NC(=O)c2ccc3c(c2)OC(F)(F)O3)n(-c2cc(N=S(C)(C)=O)ncn2)n1. The van der Waals surface area contributed by atoms with Crippen LogP contribution in [0.15, 0.2) is 35.0 Å². The first-order valence-electron chi connectivity index (χ1n) is 9.54. The molecule has 4 rings (SSSR count). The van der Waals surface area contributed by atoms with Crippen LogP contribution in [0.4, 0.5) is 14.6 Å². The quantitative estimate of drug-likeness (QED) is 0.590. The lowest BCUT2D eigenvalue weighted by Crippen LogP contribution is -2.29. The maximum atomic E-state index is 13.2. The third-order valence-corrected chi connectivity index (χ3v) is 4.93. The van der Waals surface area contributed by atoms with Crippen LogP contribution in [0.2, 0.25) is 0 Å². The van der Waals surface area contributed by atoms with E-state index in [9.17, 15) is 17.8 Å². The van der Waals surface area contributed by atoms with Gasteiger partial charge in [0, 0.05) is 33.9 Å². The summed E-state index contributed by atoms with van der Waals surface area (Å²) in [5.74, 6) is 0.353. The Kier molecular flexibility index (Phi) is 5.47. The maximum Gasteiger partial charge on any atom is 0.586 e. The number of benzene rings is 1. The van der Waals surface area contributed by atoms with Gasteiger partial charge in [0.25, 0.3) is 5.91 Å². The van der Waals surface area contributed by atoms with Crippen LogP contribution in [-0.2, 0) is 9.73 Å². The average Bonchev–Trinajstić information content (AvgIpc) is 3.24. The lowest BCUT2D eigenvalue weighted by atomic mass is 10.1. The van der Waals surface area contributed by atoms with Gasteiger partial charge in [-0.05, 0) is 32.0 Å². The molecular formula is C19H19F2N7O4S. The molecule has 0 fully saturated rings. The molecule has 11 nitrogen and oxygen atoms in total. The van der Waals surface area contributed by atoms with Gasteiger partial charge >= 0.3 is 6.29 Å². The second kappa shape index (κ2) is 8.03. The highest BCUT2D eigenvalue weighted by Gasteiger charge is 2.43. The summed E-state index contributed by atoms with van der Waals surface area (Å²) in [5, 5.41) is 7.06. The summed E-state index contributed by atoms with van der Waals surface area (Å²) < 4.78 is 52.6. The molecule has 174 valence electrons. The van der Waals surface area contributed by atoms with E-state index >= 15 is 0 Å². The minimum Gasteiger partial charge on any atom is -0.395 e. The molecule has 0 radical (unpaired) electrons. The Labute approximate surface area is 187 Å². The molecule has 1 aliphatic rings. The van der Waals surface area contributed by atoms with Gasteiger partial charge in [-0.25, -0.2) is 19.2 Å². The number of alkyl halides is 2. The monoisotopic (exact) mass is 479 g/mol. The zero-order valence-electron chi connectivity index (χ0n) is 17.9. The van der Waals surface area contributed by atoms with Crippen molar-refractivity contribution in [3.63, 3.8) is 0 Å². The standard InChI is InChI=1S/C19H19F2N7O4S/c1-10(24-18(29)12-5-6-13-14(7-12)32-19(20,21)31-13)17-25-11(2)26-28(17)16-8-15(22-9-23-16)27-33(3,4)30/h5-10H,1-4H3,(H,24,29)/t10-/m0/s1. The number of fused-ring (bicyclic) bond motifs is 1. The number of hydrogen-bond donors (Lipinski definition) is 1. The predicted molar refractivity (Wildman–Crippen MR) is 112 cm³/mol. The van der Waals surface area contributed by atoms with E-state index in [-0.39, 0.29) is 22.9 Å². The van der Waals surface area contributed by atoms with E-state index in [0.29, 0.717) is 17.5 Å². The smallest absolute Gasteiger partial charge is 0.395 e. The van der Waals surface area contributed by atoms with Gasteiger partial charge in [-0.15, -0.1) is 13.9 Å². The molecule has 14 heteroatoms. The molecule has 0 saturated heterocycles. The summed E-state index contributed by atoms with van der Waals surface area (Å²) >= 11 is 0. The van der Waals surface area contributed by atoms with Gasteiger partial charge in [0.2, 0.25) is 0 Å². The van der Waals surface area contributed by atoms with Gasteiger partial charge in [0.1, 0.15) is 12.2 Å². The molecule has 0 spiro atoms. The molecule has 0 bridgehead atoms. The lowest BCUT2D eigenvalue weighted by molar-refractivity contribution is -0.286. The largest absolute Gasteiger partial charge is 0.586 e. The number of aryl methyl sites for hydroxylation is 1. The summed E-state index contributed by atoms with van der Waals surface area (Å²) in [5.41, 5.74) is 0.0912. The number of rotatable bonds is 5. The van der Waals surface area contributed by atoms with E-state index in [0.717, 1.165) is 0 Å². The van der Waals surface area contributed by atoms with Crippen molar-refractivity contribution in [3.05, 3.63) is 47.8 Å². The minimum atomic E-state index is -3.77. The topological polar surface area (TPSA) is 133 Å². The number of hydrogen-bond acceptors (Lipinski definition) is 9. The fourth-order valence-corrected chi connectivity index (χ4v) is 3.59. The summed E-state index contributed by atoms with van der Waals surface area (Å²) in [6.45, 7) is 3.35. The Balaban J connectivity index is 1.59. The first-order valence-corrected chi connectivity index (χ1v) is 11.9. The summed E-state index contributed by atoms with van der Waals surface area (Å²) in [4.78, 5) is 25.3. The summed E-state index contributed by atoms with van der Waals surface area (Å²) in [7, 11) is -2.44. The first-order chi connectivity index (χ1) is 15.4. The van der Waals surface area contributed by atoms with Gasteiger partial charge in [-0.1, -0.05) is 0 Å². The Bertz CT molecular complexity index is 1360. The second-order valence-corrected chi connectivity index (χ2v) is 10.0. The van der Waals surface area contributed by atoms with Crippen LogP contribution in [0, 0.1) is 6.92 Å². The highest BCUT2D eigenvalue weighted by atomic mass is 32.2. The Morgan fingerprint density at radius 1 is 1.21 bits per heavy atom. The third kappa shape index (κ3) is 5.05. The van der Waals surface area contributed by atoms with Crippen molar-refractivity contribution in [3.8, 4) is 17.3 Å². The molecule has 1 aromatic carbocycles. The van der Waals surface area contributed by atoms with Gasteiger partial charge in [0.15, 0.2) is 29.0 Å². The van der Waals surface area contributed by atoms with Crippen LogP contribution in [0.25, 0.3) is 5.82 Å². The van der Waals surface area contributed by atoms with E-state index < -0.39 is 28.0 Å². The number of nitrogens with zero attached hydrogens (tertiary/aromatic N) is 6. The molecule has 0 unspecified atom stereocenters. The molecule has 1 amide bonds. The van der Waals surface area contributed by atoms with E-state index in [1.54, 1.807) is 13.8 Å². The van der Waals surface area contributed by atoms with Crippen molar-refractivity contribution in [1.29, 1.82) is 0 Å². The number of nitrogens with one attached hydrogen (secondary N) is 1. The zero-order valence-corrected chi connectivity index (χ0v) is 18.8. The van der Waals surface area contributed by atoms with Gasteiger partial charge in [0.05, 0.1) is 6.04 Å². The van der Waals surface area contributed by atoms with Crippen molar-refractivity contribution in [2.24, 2.45) is 4.36 Å². The fourth-order valence-electron chi connectivity index (χ4n) is 3.04. The normalized spacial score (nSPS) is 15.2. The minimum absolute atomic E-state index is 0.0912. The van der Waals surface area contributed by atoms with Crippen LogP contribution in [0.5, 0.6) is 11.5 Å². The van der Waals surface area contributed by atoms with Crippen LogP contribution in [0.1, 0.15) is 35.0 Å². The molecule has 2 aromatic heterocycles. The number of carbonyl (C=O) groups is 1. The van der Waals surface area contributed by atoms with Crippen molar-refractivity contribution in [1.82, 2.24) is 30.0 Å². The number of halogens is 2. The molecular weight excluding hydrogens is 460 g/mol. The molecule has 3 heterocycles. The van der Waals surface area contributed by atoms with Crippen LogP contribution >= 0.6 is 0 Å². The summed E-state index contributed by atoms with van der Waals surface area (Å²) in [6.07, 6.45) is 0.444. The molecule has 1 aliphatic heterocycles. The molecule has 0 saturated carbocycles. The number of amides is 1. The molecule has 1 N–H and O–H groups in total. The fraction of sp³-hybridized carbons (Fsp3) is 0.316. The van der Waals surface area contributed by atoms with Crippen molar-refractivity contribution < 1.29 is 27.3 Å². The number of aromatic nitrogens is 5. The van der Waals surface area contributed by atoms with E-state index in [1.807, 2.05) is 0 Å². The Morgan fingerprint density at radius 3 is 2.67 bits per heavy atom. The van der Waals surface area contributed by atoms with E-state index in [4.69, 9.17) is 0 Å². The van der Waals surface area contributed by atoms with Crippen molar-refractivity contribution >= 4 is 21.5 Å². The van der Waals surface area contributed by atoms with Crippen LogP contribution < -0.4 is 14.8 Å². The van der Waals surface area contributed by atoms with Gasteiger partial charge < -0.3 is 14.8 Å². The van der Waals surface area contributed by atoms with Gasteiger partial charge in [-0.3, -0.25) is 4.79 Å². The van der Waals surface area contributed by atoms with E-state index in [1.165, 1.54) is 47.8 Å². The second-order valence-electron chi connectivity index (χ2n) is 7.46. The first kappa shape index (κ1) is 22.5. The number of carbonyl (C=O) groups excluding carboxylic acids is 1. The Hall–Kier alpha value is -3.68. The van der Waals surface area contributed by atoms with Crippen molar-refractivity contribution in [2.75, 3.05) is 12.5 Å². The highest BCUT2D eigenvalue weighted by Crippen LogP contribution is 2.41. The Morgan fingerprint density at radius 2 is 1.94 bits per heavy atom. The summed E-state index contributed by atoms with van der Waals surface area (Å²) in [6, 6.07) is 4.58. The maximum absolute atomic E-state index is 13.2.